The molecule has 0 spiro atoms. The lowest BCUT2D eigenvalue weighted by atomic mass is 10.1. The first-order chi connectivity index (χ1) is 15.8. The van der Waals surface area contributed by atoms with Gasteiger partial charge in [-0.1, -0.05) is 42.5 Å². The molecule has 33 heavy (non-hydrogen) atoms. The average Bonchev–Trinajstić information content (AvgIpc) is 2.81. The fraction of sp³-hybridized carbons (Fsp3) is 0.240. The predicted octanol–water partition coefficient (Wildman–Crippen LogP) is 2.48. The zero-order chi connectivity index (χ0) is 23.4. The molecule has 3 aromatic rings. The minimum atomic E-state index is -3.99. The summed E-state index contributed by atoms with van der Waals surface area (Å²) in [5.74, 6) is -0.754. The van der Waals surface area contributed by atoms with Crippen LogP contribution in [0.4, 0.5) is 10.1 Å². The lowest BCUT2D eigenvalue weighted by Crippen LogP contribution is -3.13. The number of carbonyl (C=O) groups excluding carboxylic acids is 1. The van der Waals surface area contributed by atoms with Crippen LogP contribution in [0.25, 0.3) is 0 Å². The van der Waals surface area contributed by atoms with Crippen LogP contribution in [0.5, 0.6) is 0 Å². The molecule has 0 radical (unpaired) electrons. The van der Waals surface area contributed by atoms with Gasteiger partial charge >= 0.3 is 0 Å². The first kappa shape index (κ1) is 22.9. The number of piperazine rings is 1. The summed E-state index contributed by atoms with van der Waals surface area (Å²) in [6, 6.07) is 20.3. The van der Waals surface area contributed by atoms with Gasteiger partial charge in [-0.3, -0.25) is 9.52 Å². The summed E-state index contributed by atoms with van der Waals surface area (Å²) in [5, 5.41) is 0. The van der Waals surface area contributed by atoms with E-state index in [9.17, 15) is 17.6 Å². The minimum Gasteiger partial charge on any atom is -0.328 e. The van der Waals surface area contributed by atoms with Gasteiger partial charge in [0, 0.05) is 16.8 Å². The summed E-state index contributed by atoms with van der Waals surface area (Å²) in [7, 11) is -3.99. The third-order valence-electron chi connectivity index (χ3n) is 5.86. The van der Waals surface area contributed by atoms with Crippen molar-refractivity contribution in [3.63, 3.8) is 0 Å². The molecule has 0 unspecified atom stereocenters. The maximum Gasteiger partial charge on any atom is 0.262 e. The summed E-state index contributed by atoms with van der Waals surface area (Å²) in [4.78, 5) is 16.1. The SMILES string of the molecule is Cc1ccc(F)cc1S(=O)(=O)Nc1cccc(C(=O)N2CC[NH+](Cc3ccccc3)CC2)c1. The van der Waals surface area contributed by atoms with Gasteiger partial charge in [0.15, 0.2) is 0 Å². The molecule has 0 saturated carbocycles. The first-order valence-electron chi connectivity index (χ1n) is 10.9. The summed E-state index contributed by atoms with van der Waals surface area (Å²) in [6.07, 6.45) is 0. The van der Waals surface area contributed by atoms with Crippen LogP contribution in [0.1, 0.15) is 21.5 Å². The van der Waals surface area contributed by atoms with Gasteiger partial charge in [-0.2, -0.15) is 0 Å². The summed E-state index contributed by atoms with van der Waals surface area (Å²) in [5.41, 5.74) is 2.39. The van der Waals surface area contributed by atoms with E-state index in [0.29, 0.717) is 24.2 Å². The Kier molecular flexibility index (Phi) is 6.76. The summed E-state index contributed by atoms with van der Waals surface area (Å²) >= 11 is 0. The zero-order valence-electron chi connectivity index (χ0n) is 18.4. The molecular weight excluding hydrogens is 441 g/mol. The quantitative estimate of drug-likeness (QED) is 0.584. The van der Waals surface area contributed by atoms with Crippen LogP contribution in [0.15, 0.2) is 77.7 Å². The zero-order valence-corrected chi connectivity index (χ0v) is 19.2. The number of quaternary nitrogens is 1. The van der Waals surface area contributed by atoms with Crippen LogP contribution in [0.3, 0.4) is 0 Å². The Morgan fingerprint density at radius 3 is 2.45 bits per heavy atom. The van der Waals surface area contributed by atoms with Crippen LogP contribution >= 0.6 is 0 Å². The number of hydrogen-bond donors (Lipinski definition) is 2. The molecule has 172 valence electrons. The molecule has 1 aliphatic heterocycles. The molecule has 3 aromatic carbocycles. The second-order valence-corrected chi connectivity index (χ2v) is 9.95. The van der Waals surface area contributed by atoms with E-state index < -0.39 is 15.8 Å². The Bertz CT molecular complexity index is 1240. The van der Waals surface area contributed by atoms with Crippen molar-refractivity contribution >= 4 is 21.6 Å². The summed E-state index contributed by atoms with van der Waals surface area (Å²) in [6.45, 7) is 5.52. The summed E-state index contributed by atoms with van der Waals surface area (Å²) < 4.78 is 41.6. The molecule has 1 aliphatic rings. The van der Waals surface area contributed by atoms with E-state index >= 15 is 0 Å². The molecule has 6 nitrogen and oxygen atoms in total. The molecular formula is C25H27FN3O3S+. The van der Waals surface area contributed by atoms with Gasteiger partial charge < -0.3 is 9.80 Å². The lowest BCUT2D eigenvalue weighted by molar-refractivity contribution is -0.917. The van der Waals surface area contributed by atoms with E-state index in [1.54, 1.807) is 30.0 Å². The van der Waals surface area contributed by atoms with E-state index in [4.69, 9.17) is 0 Å². The molecule has 0 atom stereocenters. The normalized spacial score (nSPS) is 14.8. The lowest BCUT2D eigenvalue weighted by Gasteiger charge is -2.32. The number of nitrogens with zero attached hydrogens (tertiary/aromatic N) is 1. The van der Waals surface area contributed by atoms with Crippen LogP contribution in [0, 0.1) is 12.7 Å². The van der Waals surface area contributed by atoms with Crippen molar-refractivity contribution in [2.75, 3.05) is 30.9 Å². The topological polar surface area (TPSA) is 70.9 Å². The number of carbonyl (C=O) groups is 1. The Morgan fingerprint density at radius 1 is 1.00 bits per heavy atom. The number of halogens is 1. The van der Waals surface area contributed by atoms with Crippen molar-refractivity contribution in [1.82, 2.24) is 4.90 Å². The van der Waals surface area contributed by atoms with Crippen LogP contribution in [0.2, 0.25) is 0 Å². The first-order valence-corrected chi connectivity index (χ1v) is 12.4. The van der Waals surface area contributed by atoms with Gasteiger partial charge in [0.05, 0.1) is 31.1 Å². The highest BCUT2D eigenvalue weighted by atomic mass is 32.2. The molecule has 1 heterocycles. The molecule has 0 aromatic heterocycles. The van der Waals surface area contributed by atoms with E-state index in [1.165, 1.54) is 28.7 Å². The molecule has 1 saturated heterocycles. The molecule has 8 heteroatoms. The van der Waals surface area contributed by atoms with Crippen molar-refractivity contribution in [1.29, 1.82) is 0 Å². The maximum absolute atomic E-state index is 13.6. The number of hydrogen-bond acceptors (Lipinski definition) is 3. The van der Waals surface area contributed by atoms with Crippen LogP contribution in [-0.2, 0) is 16.6 Å². The molecule has 0 aliphatic carbocycles. The largest absolute Gasteiger partial charge is 0.328 e. The average molecular weight is 469 g/mol. The number of rotatable bonds is 6. The Hall–Kier alpha value is -3.23. The monoisotopic (exact) mass is 468 g/mol. The van der Waals surface area contributed by atoms with Gasteiger partial charge in [-0.25, -0.2) is 12.8 Å². The van der Waals surface area contributed by atoms with Gasteiger partial charge in [-0.15, -0.1) is 0 Å². The Balaban J connectivity index is 1.41. The fourth-order valence-electron chi connectivity index (χ4n) is 4.06. The van der Waals surface area contributed by atoms with Crippen molar-refractivity contribution < 1.29 is 22.5 Å². The van der Waals surface area contributed by atoms with E-state index in [0.717, 1.165) is 25.7 Å². The van der Waals surface area contributed by atoms with Crippen molar-refractivity contribution in [2.45, 2.75) is 18.4 Å². The number of aryl methyl sites for hydroxylation is 1. The highest BCUT2D eigenvalue weighted by Gasteiger charge is 2.25. The smallest absolute Gasteiger partial charge is 0.262 e. The number of amides is 1. The highest BCUT2D eigenvalue weighted by molar-refractivity contribution is 7.92. The third-order valence-corrected chi connectivity index (χ3v) is 7.38. The van der Waals surface area contributed by atoms with Gasteiger partial charge in [-0.05, 0) is 42.8 Å². The molecule has 0 bridgehead atoms. The molecule has 4 rings (SSSR count). The van der Waals surface area contributed by atoms with E-state index in [-0.39, 0.29) is 16.5 Å². The third kappa shape index (κ3) is 5.58. The number of nitrogens with one attached hydrogen (secondary N) is 2. The van der Waals surface area contributed by atoms with Gasteiger partial charge in [0.25, 0.3) is 15.9 Å². The standard InChI is InChI=1S/C25H26FN3O3S/c1-19-10-11-22(26)17-24(19)33(31,32)27-23-9-5-8-21(16-23)25(30)29-14-12-28(13-15-29)18-20-6-3-2-4-7-20/h2-11,16-17,27H,12-15,18H2,1H3/p+1. The van der Waals surface area contributed by atoms with Crippen LogP contribution < -0.4 is 9.62 Å². The number of anilines is 1. The second-order valence-electron chi connectivity index (χ2n) is 8.30. The Labute approximate surface area is 193 Å². The van der Waals surface area contributed by atoms with Crippen molar-refractivity contribution in [3.8, 4) is 0 Å². The van der Waals surface area contributed by atoms with E-state index in [1.807, 2.05) is 18.2 Å². The molecule has 1 fully saturated rings. The van der Waals surface area contributed by atoms with Gasteiger partial charge in [0.1, 0.15) is 12.4 Å². The van der Waals surface area contributed by atoms with E-state index in [2.05, 4.69) is 16.9 Å². The number of sulfonamides is 1. The fourth-order valence-corrected chi connectivity index (χ4v) is 5.37. The van der Waals surface area contributed by atoms with Crippen molar-refractivity contribution in [2.24, 2.45) is 0 Å². The Morgan fingerprint density at radius 2 is 1.73 bits per heavy atom. The molecule has 2 N–H and O–H groups in total. The van der Waals surface area contributed by atoms with Gasteiger partial charge in [0.2, 0.25) is 0 Å². The highest BCUT2D eigenvalue weighted by Crippen LogP contribution is 2.21. The minimum absolute atomic E-state index is 0.128. The predicted molar refractivity (Wildman–Crippen MR) is 125 cm³/mol. The second kappa shape index (κ2) is 9.72. The molecule has 1 amide bonds. The number of benzene rings is 3. The van der Waals surface area contributed by atoms with Crippen molar-refractivity contribution in [3.05, 3.63) is 95.3 Å². The maximum atomic E-state index is 13.6. The van der Waals surface area contributed by atoms with Crippen LogP contribution in [-0.4, -0.2) is 45.4 Å².